The van der Waals surface area contributed by atoms with Crippen LogP contribution < -0.4 is 5.32 Å². The van der Waals surface area contributed by atoms with Gasteiger partial charge in [0, 0.05) is 11.6 Å². The lowest BCUT2D eigenvalue weighted by Gasteiger charge is -2.09. The summed E-state index contributed by atoms with van der Waals surface area (Å²) < 4.78 is 0. The standard InChI is InChI=1S/C16H21ClN4/c1-3-14-15(4-2)20-21-16(19-14)18-13-9-5-7-12(11-13)8-6-10-17/h5,7,9,11H,3-4,6,8,10H2,1-2H3,(H,18,19,21). The zero-order valence-corrected chi connectivity index (χ0v) is 13.3. The highest BCUT2D eigenvalue weighted by Crippen LogP contribution is 2.16. The van der Waals surface area contributed by atoms with Crippen molar-refractivity contribution < 1.29 is 0 Å². The number of halogens is 1. The first-order valence-electron chi connectivity index (χ1n) is 7.41. The Kier molecular flexibility index (Phi) is 5.93. The molecule has 0 bridgehead atoms. The van der Waals surface area contributed by atoms with Crippen molar-refractivity contribution in [2.75, 3.05) is 11.2 Å². The lowest BCUT2D eigenvalue weighted by Crippen LogP contribution is -2.06. The summed E-state index contributed by atoms with van der Waals surface area (Å²) in [6.45, 7) is 4.15. The van der Waals surface area contributed by atoms with Gasteiger partial charge in [-0.15, -0.1) is 21.8 Å². The summed E-state index contributed by atoms with van der Waals surface area (Å²) in [6.07, 6.45) is 3.68. The Morgan fingerprint density at radius 1 is 1.10 bits per heavy atom. The van der Waals surface area contributed by atoms with E-state index in [9.17, 15) is 0 Å². The summed E-state index contributed by atoms with van der Waals surface area (Å²) in [5.74, 6) is 1.24. The zero-order chi connectivity index (χ0) is 15.1. The molecule has 0 amide bonds. The van der Waals surface area contributed by atoms with E-state index < -0.39 is 0 Å². The molecule has 0 unspecified atom stereocenters. The molecule has 0 fully saturated rings. The monoisotopic (exact) mass is 304 g/mol. The summed E-state index contributed by atoms with van der Waals surface area (Å²) >= 11 is 5.74. The molecule has 1 heterocycles. The van der Waals surface area contributed by atoms with Crippen molar-refractivity contribution >= 4 is 23.2 Å². The minimum Gasteiger partial charge on any atom is -0.323 e. The third kappa shape index (κ3) is 4.39. The van der Waals surface area contributed by atoms with Crippen molar-refractivity contribution in [3.63, 3.8) is 0 Å². The predicted octanol–water partition coefficient (Wildman–Crippen LogP) is 3.91. The topological polar surface area (TPSA) is 50.7 Å². The second-order valence-corrected chi connectivity index (χ2v) is 5.23. The van der Waals surface area contributed by atoms with E-state index >= 15 is 0 Å². The fraction of sp³-hybridized carbons (Fsp3) is 0.438. The number of nitrogens with one attached hydrogen (secondary N) is 1. The van der Waals surface area contributed by atoms with Crippen LogP contribution in [-0.4, -0.2) is 21.1 Å². The molecule has 0 saturated heterocycles. The molecule has 1 aromatic heterocycles. The van der Waals surface area contributed by atoms with Crippen LogP contribution in [-0.2, 0) is 19.3 Å². The fourth-order valence-electron chi connectivity index (χ4n) is 2.20. The number of aromatic nitrogens is 3. The fourth-order valence-corrected chi connectivity index (χ4v) is 2.33. The highest BCUT2D eigenvalue weighted by Gasteiger charge is 2.06. The van der Waals surface area contributed by atoms with Crippen molar-refractivity contribution in [1.82, 2.24) is 15.2 Å². The largest absolute Gasteiger partial charge is 0.323 e. The second-order valence-electron chi connectivity index (χ2n) is 4.85. The van der Waals surface area contributed by atoms with Gasteiger partial charge in [-0.3, -0.25) is 0 Å². The molecule has 1 aromatic carbocycles. The summed E-state index contributed by atoms with van der Waals surface area (Å²) in [7, 11) is 0. The Hall–Kier alpha value is -1.68. The maximum absolute atomic E-state index is 5.74. The van der Waals surface area contributed by atoms with Crippen LogP contribution in [0.5, 0.6) is 0 Å². The van der Waals surface area contributed by atoms with Crippen molar-refractivity contribution in [2.45, 2.75) is 39.5 Å². The van der Waals surface area contributed by atoms with Gasteiger partial charge in [0.2, 0.25) is 5.95 Å². The van der Waals surface area contributed by atoms with E-state index in [-0.39, 0.29) is 0 Å². The average Bonchev–Trinajstić information content (AvgIpc) is 2.53. The van der Waals surface area contributed by atoms with Crippen molar-refractivity contribution in [3.8, 4) is 0 Å². The lowest BCUT2D eigenvalue weighted by molar-refractivity contribution is 0.829. The Balaban J connectivity index is 2.14. The van der Waals surface area contributed by atoms with Crippen LogP contribution in [0.3, 0.4) is 0 Å². The summed E-state index contributed by atoms with van der Waals surface area (Å²) in [4.78, 5) is 4.54. The van der Waals surface area contributed by atoms with E-state index in [1.807, 2.05) is 12.1 Å². The Labute approximate surface area is 131 Å². The van der Waals surface area contributed by atoms with Crippen molar-refractivity contribution in [2.24, 2.45) is 0 Å². The zero-order valence-electron chi connectivity index (χ0n) is 12.6. The molecule has 21 heavy (non-hydrogen) atoms. The Morgan fingerprint density at radius 3 is 2.62 bits per heavy atom. The van der Waals surface area contributed by atoms with Gasteiger partial charge in [0.05, 0.1) is 11.4 Å². The number of alkyl halides is 1. The molecule has 0 spiro atoms. The van der Waals surface area contributed by atoms with E-state index in [0.717, 1.165) is 42.8 Å². The highest BCUT2D eigenvalue weighted by atomic mass is 35.5. The minimum absolute atomic E-state index is 0.554. The van der Waals surface area contributed by atoms with Crippen LogP contribution in [0, 0.1) is 0 Å². The number of aryl methyl sites for hydroxylation is 3. The van der Waals surface area contributed by atoms with Crippen molar-refractivity contribution in [3.05, 3.63) is 41.2 Å². The van der Waals surface area contributed by atoms with Crippen molar-refractivity contribution in [1.29, 1.82) is 0 Å². The van der Waals surface area contributed by atoms with Crippen LogP contribution in [0.2, 0.25) is 0 Å². The quantitative estimate of drug-likeness (QED) is 0.788. The summed E-state index contributed by atoms with van der Waals surface area (Å²) in [5, 5.41) is 11.6. The molecule has 0 atom stereocenters. The first-order chi connectivity index (χ1) is 10.3. The smallest absolute Gasteiger partial charge is 0.247 e. The van der Waals surface area contributed by atoms with E-state index in [0.29, 0.717) is 11.8 Å². The van der Waals surface area contributed by atoms with Gasteiger partial charge < -0.3 is 5.32 Å². The second kappa shape index (κ2) is 7.93. The normalized spacial score (nSPS) is 10.6. The summed E-state index contributed by atoms with van der Waals surface area (Å²) in [5.41, 5.74) is 4.22. The maximum atomic E-state index is 5.74. The van der Waals surface area contributed by atoms with Crippen LogP contribution in [0.25, 0.3) is 0 Å². The van der Waals surface area contributed by atoms with Gasteiger partial charge in [0.1, 0.15) is 0 Å². The van der Waals surface area contributed by atoms with E-state index in [2.05, 4.69) is 46.5 Å². The predicted molar refractivity (Wildman–Crippen MR) is 87.3 cm³/mol. The van der Waals surface area contributed by atoms with Crippen LogP contribution in [0.4, 0.5) is 11.6 Å². The molecule has 0 aliphatic rings. The third-order valence-corrected chi connectivity index (χ3v) is 3.56. The highest BCUT2D eigenvalue weighted by molar-refractivity contribution is 6.17. The van der Waals surface area contributed by atoms with Gasteiger partial charge in [-0.2, -0.15) is 0 Å². The molecule has 1 N–H and O–H groups in total. The van der Waals surface area contributed by atoms with Gasteiger partial charge in [0.15, 0.2) is 0 Å². The molecule has 0 radical (unpaired) electrons. The molecular weight excluding hydrogens is 284 g/mol. The maximum Gasteiger partial charge on any atom is 0.247 e. The van der Waals surface area contributed by atoms with Gasteiger partial charge >= 0.3 is 0 Å². The number of hydrogen-bond acceptors (Lipinski definition) is 4. The van der Waals surface area contributed by atoms with Crippen LogP contribution >= 0.6 is 11.6 Å². The number of rotatable bonds is 7. The number of anilines is 2. The third-order valence-electron chi connectivity index (χ3n) is 3.29. The first-order valence-corrected chi connectivity index (χ1v) is 7.94. The number of benzene rings is 1. The molecule has 4 nitrogen and oxygen atoms in total. The molecule has 112 valence electrons. The van der Waals surface area contributed by atoms with Gasteiger partial charge in [-0.05, 0) is 43.4 Å². The molecular formula is C16H21ClN4. The van der Waals surface area contributed by atoms with E-state index in [1.165, 1.54) is 5.56 Å². The molecule has 5 heteroatoms. The molecule has 0 aliphatic carbocycles. The van der Waals surface area contributed by atoms with Crippen LogP contribution in [0.15, 0.2) is 24.3 Å². The van der Waals surface area contributed by atoms with Gasteiger partial charge in [-0.25, -0.2) is 4.98 Å². The number of hydrogen-bond donors (Lipinski definition) is 1. The Morgan fingerprint density at radius 2 is 1.90 bits per heavy atom. The van der Waals surface area contributed by atoms with Gasteiger partial charge in [-0.1, -0.05) is 26.0 Å². The average molecular weight is 305 g/mol. The SMILES string of the molecule is CCc1nnc(Nc2cccc(CCCCl)c2)nc1CC. The van der Waals surface area contributed by atoms with E-state index in [4.69, 9.17) is 11.6 Å². The van der Waals surface area contributed by atoms with E-state index in [1.54, 1.807) is 0 Å². The molecule has 0 saturated carbocycles. The van der Waals surface area contributed by atoms with Gasteiger partial charge in [0.25, 0.3) is 0 Å². The molecule has 0 aliphatic heterocycles. The lowest BCUT2D eigenvalue weighted by atomic mass is 10.1. The summed E-state index contributed by atoms with van der Waals surface area (Å²) in [6, 6.07) is 8.25. The Bertz CT molecular complexity index is 586. The molecule has 2 rings (SSSR count). The minimum atomic E-state index is 0.554. The molecule has 2 aromatic rings. The number of nitrogens with zero attached hydrogens (tertiary/aromatic N) is 3. The first kappa shape index (κ1) is 15.7. The van der Waals surface area contributed by atoms with Crippen LogP contribution in [0.1, 0.15) is 37.2 Å².